The van der Waals surface area contributed by atoms with Gasteiger partial charge in [0.15, 0.2) is 0 Å². The molecule has 2 heterocycles. The van der Waals surface area contributed by atoms with Crippen molar-refractivity contribution in [1.82, 2.24) is 31.0 Å². The van der Waals surface area contributed by atoms with Crippen LogP contribution < -0.4 is 27.8 Å². The molecule has 3 amide bonds. The van der Waals surface area contributed by atoms with Crippen LogP contribution >= 0.6 is 0 Å². The number of ketones is 1. The normalized spacial score (nSPS) is 12.1. The number of Topliss-reactive ketones (excluding diaryl/α,β-unsaturated/α-hetero) is 1. The molecule has 2 aromatic heterocycles. The summed E-state index contributed by atoms with van der Waals surface area (Å²) >= 11 is 0. The van der Waals surface area contributed by atoms with Crippen LogP contribution in [-0.2, 0) is 32.0 Å². The molecule has 8 N–H and O–H groups in total. The van der Waals surface area contributed by atoms with Gasteiger partial charge in [-0.25, -0.2) is 0 Å². The minimum Gasteiger partial charge on any atom is -0.423 e. The molecule has 0 aliphatic heterocycles. The van der Waals surface area contributed by atoms with Crippen molar-refractivity contribution >= 4 is 23.5 Å². The Bertz CT molecular complexity index is 1010. The van der Waals surface area contributed by atoms with Gasteiger partial charge in [-0.15, -0.1) is 20.4 Å². The van der Waals surface area contributed by atoms with Gasteiger partial charge in [-0.1, -0.05) is 0 Å². The summed E-state index contributed by atoms with van der Waals surface area (Å²) in [5, 5.41) is 20.6. The zero-order valence-corrected chi connectivity index (χ0v) is 21.5. The van der Waals surface area contributed by atoms with E-state index in [1.165, 1.54) is 20.8 Å². The van der Waals surface area contributed by atoms with Gasteiger partial charge in [0.1, 0.15) is 24.3 Å². The Morgan fingerprint density at radius 3 is 1.59 bits per heavy atom. The van der Waals surface area contributed by atoms with E-state index in [4.69, 9.17) is 26.0 Å². The molecule has 206 valence electrons. The van der Waals surface area contributed by atoms with E-state index in [0.29, 0.717) is 31.8 Å². The maximum Gasteiger partial charge on any atom is 0.238 e. The molecule has 0 fully saturated rings. The zero-order valence-electron chi connectivity index (χ0n) is 21.5. The molecule has 0 unspecified atom stereocenters. The van der Waals surface area contributed by atoms with Gasteiger partial charge in [0, 0.05) is 13.8 Å². The topological polar surface area (TPSA) is 248 Å². The molecule has 37 heavy (non-hydrogen) atoms. The quantitative estimate of drug-likeness (QED) is 0.186. The number of rotatable bonds is 15. The van der Waals surface area contributed by atoms with Crippen molar-refractivity contribution in [2.45, 2.75) is 77.8 Å². The minimum atomic E-state index is -0.547. The van der Waals surface area contributed by atoms with Crippen LogP contribution in [0, 0.1) is 0 Å². The van der Waals surface area contributed by atoms with Gasteiger partial charge in [0.2, 0.25) is 41.3 Å². The highest BCUT2D eigenvalue weighted by molar-refractivity contribution is 5.77. The number of aromatic nitrogens is 4. The smallest absolute Gasteiger partial charge is 0.238 e. The van der Waals surface area contributed by atoms with Crippen molar-refractivity contribution in [3.8, 4) is 0 Å². The summed E-state index contributed by atoms with van der Waals surface area (Å²) in [7, 11) is 0. The molecular weight excluding hydrogens is 486 g/mol. The monoisotopic (exact) mass is 523 g/mol. The van der Waals surface area contributed by atoms with E-state index in [9.17, 15) is 19.2 Å². The van der Waals surface area contributed by atoms with Gasteiger partial charge < -0.3 is 36.7 Å². The average Bonchev–Trinajstić information content (AvgIpc) is 3.45. The highest BCUT2D eigenvalue weighted by Gasteiger charge is 2.21. The van der Waals surface area contributed by atoms with E-state index >= 15 is 0 Å². The lowest BCUT2D eigenvalue weighted by Crippen LogP contribution is -2.26. The van der Waals surface area contributed by atoms with Crippen molar-refractivity contribution in [2.75, 3.05) is 13.1 Å². The second-order valence-electron chi connectivity index (χ2n) is 8.31. The average molecular weight is 524 g/mol. The fourth-order valence-electron chi connectivity index (χ4n) is 3.14. The fraction of sp³-hybridized carbons (Fsp3) is 0.636. The molecule has 0 spiro atoms. The Hall–Kier alpha value is -3.72. The Morgan fingerprint density at radius 1 is 0.730 bits per heavy atom. The fourth-order valence-corrected chi connectivity index (χ4v) is 3.14. The third kappa shape index (κ3) is 13.2. The van der Waals surface area contributed by atoms with Crippen LogP contribution in [0.4, 0.5) is 0 Å². The van der Waals surface area contributed by atoms with Crippen molar-refractivity contribution < 1.29 is 28.0 Å². The molecule has 2 atom stereocenters. The lowest BCUT2D eigenvalue weighted by atomic mass is 10.1. The van der Waals surface area contributed by atoms with Crippen molar-refractivity contribution in [3.63, 3.8) is 0 Å². The van der Waals surface area contributed by atoms with E-state index in [2.05, 4.69) is 31.0 Å². The van der Waals surface area contributed by atoms with Crippen molar-refractivity contribution in [1.29, 1.82) is 0 Å². The van der Waals surface area contributed by atoms with Crippen LogP contribution in [0.1, 0.15) is 88.5 Å². The summed E-state index contributed by atoms with van der Waals surface area (Å²) in [4.78, 5) is 43.9. The standard InChI is InChI=1S/C11H19N5O3.C11H18N4O3/c1-7(17)14-8(4-2-3-5-12)11-16-15-10(19-11)6-9(13)18;1-7(16)6-10-14-15-11(18-10)9(4-3-5-12)13-8(2)17/h8H,2-6,12H2,1H3,(H2,13,18)(H,14,17);9H,3-6,12H2,1-2H3,(H,13,17)/t8-;9-/m00/s1. The second-order valence-corrected chi connectivity index (χ2v) is 8.31. The first-order valence-electron chi connectivity index (χ1n) is 11.9. The van der Waals surface area contributed by atoms with Crippen LogP contribution in [0.25, 0.3) is 0 Å². The first-order valence-corrected chi connectivity index (χ1v) is 11.9. The molecule has 0 saturated carbocycles. The zero-order chi connectivity index (χ0) is 27.8. The lowest BCUT2D eigenvalue weighted by molar-refractivity contribution is -0.120. The van der Waals surface area contributed by atoms with Gasteiger partial charge in [-0.3, -0.25) is 19.2 Å². The molecule has 0 bridgehead atoms. The number of carbonyl (C=O) groups excluding carboxylic acids is 4. The molecular formula is C22H37N9O6. The van der Waals surface area contributed by atoms with E-state index in [0.717, 1.165) is 19.3 Å². The first-order chi connectivity index (χ1) is 17.5. The highest BCUT2D eigenvalue weighted by atomic mass is 16.4. The van der Waals surface area contributed by atoms with Crippen LogP contribution in [0.3, 0.4) is 0 Å². The van der Waals surface area contributed by atoms with Gasteiger partial charge in [0.05, 0.1) is 6.42 Å². The van der Waals surface area contributed by atoms with Gasteiger partial charge in [-0.05, 0) is 52.1 Å². The van der Waals surface area contributed by atoms with Gasteiger partial charge in [-0.2, -0.15) is 0 Å². The van der Waals surface area contributed by atoms with Gasteiger partial charge >= 0.3 is 0 Å². The molecule has 0 aromatic carbocycles. The highest BCUT2D eigenvalue weighted by Crippen LogP contribution is 2.19. The minimum absolute atomic E-state index is 0.0526. The van der Waals surface area contributed by atoms with Crippen LogP contribution in [0.2, 0.25) is 0 Å². The predicted octanol–water partition coefficient (Wildman–Crippen LogP) is -0.479. The summed E-state index contributed by atoms with van der Waals surface area (Å²) < 4.78 is 10.7. The number of nitrogens with one attached hydrogen (secondary N) is 2. The predicted molar refractivity (Wildman–Crippen MR) is 130 cm³/mol. The van der Waals surface area contributed by atoms with Gasteiger partial charge in [0.25, 0.3) is 0 Å². The molecule has 2 aromatic rings. The largest absolute Gasteiger partial charge is 0.423 e. The Labute approximate surface area is 214 Å². The molecule has 15 heteroatoms. The van der Waals surface area contributed by atoms with Crippen molar-refractivity contribution in [2.24, 2.45) is 17.2 Å². The van der Waals surface area contributed by atoms with E-state index < -0.39 is 5.91 Å². The number of unbranched alkanes of at least 4 members (excludes halogenated alkanes) is 1. The first kappa shape index (κ1) is 31.3. The second kappa shape index (κ2) is 16.9. The summed E-state index contributed by atoms with van der Waals surface area (Å²) in [6, 6.07) is -0.711. The lowest BCUT2D eigenvalue weighted by Gasteiger charge is -2.13. The summed E-state index contributed by atoms with van der Waals surface area (Å²) in [5.74, 6) is 0.0454. The van der Waals surface area contributed by atoms with Crippen LogP contribution in [0.15, 0.2) is 8.83 Å². The maximum absolute atomic E-state index is 11.1. The number of nitrogens with two attached hydrogens (primary N) is 3. The number of amides is 3. The van der Waals surface area contributed by atoms with E-state index in [1.807, 2.05) is 0 Å². The third-order valence-corrected chi connectivity index (χ3v) is 4.69. The number of primary amides is 1. The molecule has 0 aliphatic rings. The van der Waals surface area contributed by atoms with Crippen molar-refractivity contribution in [3.05, 3.63) is 23.6 Å². The molecule has 2 rings (SSSR count). The molecule has 0 aliphatic carbocycles. The molecule has 15 nitrogen and oxygen atoms in total. The Kier molecular flexibility index (Phi) is 14.3. The van der Waals surface area contributed by atoms with E-state index in [-0.39, 0.29) is 60.2 Å². The summed E-state index contributed by atoms with van der Waals surface area (Å²) in [5.41, 5.74) is 15.9. The third-order valence-electron chi connectivity index (χ3n) is 4.69. The molecule has 0 saturated heterocycles. The summed E-state index contributed by atoms with van der Waals surface area (Å²) in [6.45, 7) is 5.39. The molecule has 0 radical (unpaired) electrons. The van der Waals surface area contributed by atoms with Crippen LogP contribution in [0.5, 0.6) is 0 Å². The maximum atomic E-state index is 11.1. The van der Waals surface area contributed by atoms with E-state index in [1.54, 1.807) is 0 Å². The summed E-state index contributed by atoms with van der Waals surface area (Å²) in [6.07, 6.45) is 3.68. The Balaban J connectivity index is 0.000000371. The van der Waals surface area contributed by atoms with Crippen LogP contribution in [-0.4, -0.2) is 57.0 Å². The Morgan fingerprint density at radius 2 is 1.19 bits per heavy atom. The number of nitrogens with zero attached hydrogens (tertiary/aromatic N) is 4. The number of hydrogen-bond acceptors (Lipinski definition) is 12. The SMILES string of the molecule is CC(=O)Cc1nnc([C@H](CCCN)NC(C)=O)o1.CC(=O)N[C@@H](CCCCN)c1nnc(CC(N)=O)o1. The number of hydrogen-bond donors (Lipinski definition) is 5. The number of carbonyl (C=O) groups is 4.